The zero-order valence-corrected chi connectivity index (χ0v) is 19.8. The molecule has 170 valence electrons. The summed E-state index contributed by atoms with van der Waals surface area (Å²) in [6, 6.07) is 7.60. The number of rotatable bonds is 18. The molecule has 0 amide bonds. The number of benzene rings is 1. The fourth-order valence-corrected chi connectivity index (χ4v) is 3.63. The van der Waals surface area contributed by atoms with Crippen LogP contribution in [-0.2, 0) is 4.74 Å². The number of allylic oxidation sites excluding steroid dienone is 2. The Kier molecular flexibility index (Phi) is 15.8. The van der Waals surface area contributed by atoms with Crippen molar-refractivity contribution in [3.8, 4) is 0 Å². The van der Waals surface area contributed by atoms with E-state index in [0.717, 1.165) is 18.5 Å². The first-order chi connectivity index (χ1) is 14.7. The molecule has 1 rings (SSSR count). The van der Waals surface area contributed by atoms with Gasteiger partial charge < -0.3 is 9.64 Å². The lowest BCUT2D eigenvalue weighted by Crippen LogP contribution is -2.15. The van der Waals surface area contributed by atoms with E-state index in [1.165, 1.54) is 77.0 Å². The molecule has 0 aliphatic heterocycles. The van der Waals surface area contributed by atoms with Gasteiger partial charge in [-0.25, -0.2) is 4.79 Å². The number of nitrogens with zero attached hydrogens (tertiary/aromatic N) is 1. The molecule has 0 fully saturated rings. The minimum Gasteiger partial charge on any atom is -0.462 e. The lowest BCUT2D eigenvalue weighted by Gasteiger charge is -2.16. The minimum absolute atomic E-state index is 0.216. The molecule has 0 spiro atoms. The summed E-state index contributed by atoms with van der Waals surface area (Å²) in [5.74, 6) is -0.216. The molecule has 0 radical (unpaired) electrons. The second-order valence-electron chi connectivity index (χ2n) is 8.49. The van der Waals surface area contributed by atoms with Crippen molar-refractivity contribution in [1.82, 2.24) is 0 Å². The lowest BCUT2D eigenvalue weighted by molar-refractivity contribution is 0.0498. The highest BCUT2D eigenvalue weighted by Gasteiger charge is 2.13. The molecule has 0 aliphatic carbocycles. The van der Waals surface area contributed by atoms with Crippen LogP contribution < -0.4 is 4.90 Å². The van der Waals surface area contributed by atoms with Crippen LogP contribution in [0, 0.1) is 0 Å². The monoisotopic (exact) mass is 415 g/mol. The summed E-state index contributed by atoms with van der Waals surface area (Å²) in [5, 5.41) is 0. The summed E-state index contributed by atoms with van der Waals surface area (Å²) >= 11 is 0. The Bertz CT molecular complexity index is 580. The van der Waals surface area contributed by atoms with E-state index in [0.29, 0.717) is 12.2 Å². The predicted octanol–water partition coefficient (Wildman–Crippen LogP) is 7.95. The van der Waals surface area contributed by atoms with Gasteiger partial charge in [0.05, 0.1) is 17.9 Å². The number of ether oxygens (including phenoxy) is 1. The Hall–Kier alpha value is -1.77. The predicted molar refractivity (Wildman–Crippen MR) is 131 cm³/mol. The van der Waals surface area contributed by atoms with Crippen LogP contribution in [0.25, 0.3) is 0 Å². The number of hydrogen-bond acceptors (Lipinski definition) is 3. The molecule has 0 bridgehead atoms. The molecule has 1 aromatic carbocycles. The van der Waals surface area contributed by atoms with E-state index in [9.17, 15) is 4.79 Å². The van der Waals surface area contributed by atoms with Gasteiger partial charge in [0, 0.05) is 14.1 Å². The molecule has 0 saturated carbocycles. The fraction of sp³-hybridized carbons (Fsp3) is 0.667. The van der Waals surface area contributed by atoms with Crippen LogP contribution in [0.4, 0.5) is 5.69 Å². The van der Waals surface area contributed by atoms with Gasteiger partial charge in [0.1, 0.15) is 0 Å². The largest absolute Gasteiger partial charge is 0.462 e. The van der Waals surface area contributed by atoms with Crippen molar-refractivity contribution >= 4 is 11.7 Å². The van der Waals surface area contributed by atoms with Crippen molar-refractivity contribution in [1.29, 1.82) is 0 Å². The highest BCUT2D eigenvalue weighted by Crippen LogP contribution is 2.19. The number of unbranched alkanes of at least 4 members (excludes halogenated alkanes) is 12. The average Bonchev–Trinajstić information content (AvgIpc) is 2.75. The first-order valence-electron chi connectivity index (χ1n) is 12.2. The fourth-order valence-electron chi connectivity index (χ4n) is 3.63. The number of hydrogen-bond donors (Lipinski definition) is 0. The zero-order valence-electron chi connectivity index (χ0n) is 19.8. The Labute approximate surface area is 185 Å². The van der Waals surface area contributed by atoms with E-state index in [2.05, 4.69) is 19.1 Å². The molecular formula is C27H45NO2. The molecule has 3 nitrogen and oxygen atoms in total. The van der Waals surface area contributed by atoms with Crippen molar-refractivity contribution in [2.24, 2.45) is 0 Å². The van der Waals surface area contributed by atoms with Crippen LogP contribution in [0.3, 0.4) is 0 Å². The third-order valence-electron chi connectivity index (χ3n) is 5.50. The van der Waals surface area contributed by atoms with E-state index in [-0.39, 0.29) is 5.97 Å². The summed E-state index contributed by atoms with van der Waals surface area (Å²) < 4.78 is 5.46. The van der Waals surface area contributed by atoms with Crippen LogP contribution in [0.5, 0.6) is 0 Å². The minimum atomic E-state index is -0.216. The van der Waals surface area contributed by atoms with Gasteiger partial charge in [-0.15, -0.1) is 0 Å². The number of anilines is 1. The molecule has 0 heterocycles. The maximum atomic E-state index is 12.3. The summed E-state index contributed by atoms with van der Waals surface area (Å²) in [6.07, 6.45) is 22.7. The second kappa shape index (κ2) is 18.0. The number of carbonyl (C=O) groups excluding carboxylic acids is 1. The summed E-state index contributed by atoms with van der Waals surface area (Å²) in [6.45, 7) is 2.79. The van der Waals surface area contributed by atoms with Crippen molar-refractivity contribution in [2.45, 2.75) is 96.8 Å². The molecule has 0 atom stereocenters. The normalized spacial score (nSPS) is 11.2. The maximum Gasteiger partial charge on any atom is 0.340 e. The highest BCUT2D eigenvalue weighted by molar-refractivity contribution is 5.95. The van der Waals surface area contributed by atoms with E-state index in [1.54, 1.807) is 0 Å². The SMILES string of the molecule is CCCCCCCC/C=C\CCCCCCCCOC(=O)c1ccccc1N(C)C. The van der Waals surface area contributed by atoms with Crippen molar-refractivity contribution in [2.75, 3.05) is 25.6 Å². The van der Waals surface area contributed by atoms with E-state index in [4.69, 9.17) is 4.74 Å². The van der Waals surface area contributed by atoms with Gasteiger partial charge in [-0.2, -0.15) is 0 Å². The van der Waals surface area contributed by atoms with Gasteiger partial charge >= 0.3 is 5.97 Å². The Morgan fingerprint density at radius 3 is 1.93 bits per heavy atom. The summed E-state index contributed by atoms with van der Waals surface area (Å²) in [7, 11) is 3.88. The maximum absolute atomic E-state index is 12.3. The number of carbonyl (C=O) groups is 1. The highest BCUT2D eigenvalue weighted by atomic mass is 16.5. The van der Waals surface area contributed by atoms with Gasteiger partial charge in [-0.3, -0.25) is 0 Å². The Morgan fingerprint density at radius 2 is 1.33 bits per heavy atom. The van der Waals surface area contributed by atoms with Gasteiger partial charge in [-0.1, -0.05) is 89.0 Å². The topological polar surface area (TPSA) is 29.5 Å². The third kappa shape index (κ3) is 12.7. The lowest BCUT2D eigenvalue weighted by atomic mass is 10.1. The molecule has 0 unspecified atom stereocenters. The molecule has 3 heteroatoms. The smallest absolute Gasteiger partial charge is 0.340 e. The molecular weight excluding hydrogens is 370 g/mol. The van der Waals surface area contributed by atoms with E-state index >= 15 is 0 Å². The quantitative estimate of drug-likeness (QED) is 0.138. The summed E-state index contributed by atoms with van der Waals surface area (Å²) in [4.78, 5) is 14.2. The van der Waals surface area contributed by atoms with Crippen LogP contribution in [0.15, 0.2) is 36.4 Å². The van der Waals surface area contributed by atoms with Gasteiger partial charge in [0.2, 0.25) is 0 Å². The first-order valence-corrected chi connectivity index (χ1v) is 12.2. The van der Waals surface area contributed by atoms with Crippen LogP contribution in [-0.4, -0.2) is 26.7 Å². The number of para-hydroxylation sites is 1. The summed E-state index contributed by atoms with van der Waals surface area (Å²) in [5.41, 5.74) is 1.55. The molecule has 0 saturated heterocycles. The standard InChI is InChI=1S/C27H45NO2/c1-4-5-6-7-8-9-10-11-12-13-14-15-16-17-18-21-24-30-27(29)25-22-19-20-23-26(25)28(2)3/h11-12,19-20,22-23H,4-10,13-18,21,24H2,1-3H3/b12-11-. The van der Waals surface area contributed by atoms with Gasteiger partial charge in [0.15, 0.2) is 0 Å². The van der Waals surface area contributed by atoms with Crippen molar-refractivity contribution < 1.29 is 9.53 Å². The van der Waals surface area contributed by atoms with Crippen LogP contribution >= 0.6 is 0 Å². The average molecular weight is 416 g/mol. The second-order valence-corrected chi connectivity index (χ2v) is 8.49. The van der Waals surface area contributed by atoms with Crippen molar-refractivity contribution in [3.63, 3.8) is 0 Å². The zero-order chi connectivity index (χ0) is 21.9. The molecule has 0 aliphatic rings. The van der Waals surface area contributed by atoms with Gasteiger partial charge in [0.25, 0.3) is 0 Å². The molecule has 30 heavy (non-hydrogen) atoms. The van der Waals surface area contributed by atoms with Gasteiger partial charge in [-0.05, 0) is 44.2 Å². The Morgan fingerprint density at radius 1 is 0.800 bits per heavy atom. The molecule has 0 N–H and O–H groups in total. The van der Waals surface area contributed by atoms with Crippen molar-refractivity contribution in [3.05, 3.63) is 42.0 Å². The van der Waals surface area contributed by atoms with Crippen LogP contribution in [0.2, 0.25) is 0 Å². The molecule has 0 aromatic heterocycles. The number of esters is 1. The third-order valence-corrected chi connectivity index (χ3v) is 5.50. The van der Waals surface area contributed by atoms with Crippen LogP contribution in [0.1, 0.15) is 107 Å². The van der Waals surface area contributed by atoms with E-state index in [1.807, 2.05) is 43.3 Å². The molecule has 1 aromatic rings. The first kappa shape index (κ1) is 26.3. The van der Waals surface area contributed by atoms with E-state index < -0.39 is 0 Å². The Balaban J connectivity index is 1.93.